The van der Waals surface area contributed by atoms with E-state index >= 15 is 0 Å². The standard InChI is InChI=1S/C23H27N3O2/c1-24-11-13-25(14-12-24)17-21-19-9-5-6-10-20(19)22(27)26-15-16-28-23(21,26)18-7-3-2-4-8-18/h2-10,21H,11-17H2,1H3/t21-,23-/m0/s1. The SMILES string of the molecule is CN1CCN(C[C@H]2c3ccccc3C(=O)N3CCO[C@@]23c2ccccc2)CC1. The molecule has 0 aliphatic carbocycles. The zero-order chi connectivity index (χ0) is 19.1. The first-order valence-electron chi connectivity index (χ1n) is 10.2. The molecule has 1 amide bonds. The van der Waals surface area contributed by atoms with Gasteiger partial charge in [0.15, 0.2) is 5.72 Å². The molecule has 0 radical (unpaired) electrons. The number of nitrogens with zero attached hydrogens (tertiary/aromatic N) is 3. The van der Waals surface area contributed by atoms with Crippen LogP contribution >= 0.6 is 0 Å². The zero-order valence-electron chi connectivity index (χ0n) is 16.4. The predicted octanol–water partition coefficient (Wildman–Crippen LogP) is 2.36. The summed E-state index contributed by atoms with van der Waals surface area (Å²) < 4.78 is 6.50. The Morgan fingerprint density at radius 3 is 2.46 bits per heavy atom. The normalized spacial score (nSPS) is 28.2. The fraction of sp³-hybridized carbons (Fsp3) is 0.435. The summed E-state index contributed by atoms with van der Waals surface area (Å²) in [5.41, 5.74) is 2.32. The topological polar surface area (TPSA) is 36.0 Å². The van der Waals surface area contributed by atoms with E-state index < -0.39 is 5.72 Å². The molecule has 2 saturated heterocycles. The van der Waals surface area contributed by atoms with Crippen LogP contribution < -0.4 is 0 Å². The van der Waals surface area contributed by atoms with Gasteiger partial charge in [0, 0.05) is 50.4 Å². The monoisotopic (exact) mass is 377 g/mol. The number of ether oxygens (including phenoxy) is 1. The Labute approximate surface area is 166 Å². The minimum absolute atomic E-state index is 0.0894. The molecule has 2 fully saturated rings. The Hall–Kier alpha value is -2.21. The van der Waals surface area contributed by atoms with E-state index in [4.69, 9.17) is 4.74 Å². The second-order valence-corrected chi connectivity index (χ2v) is 8.11. The molecule has 3 heterocycles. The zero-order valence-corrected chi connectivity index (χ0v) is 16.4. The molecule has 28 heavy (non-hydrogen) atoms. The highest BCUT2D eigenvalue weighted by Crippen LogP contribution is 2.51. The first-order chi connectivity index (χ1) is 13.7. The van der Waals surface area contributed by atoms with Gasteiger partial charge in [-0.05, 0) is 18.7 Å². The fourth-order valence-electron chi connectivity index (χ4n) is 5.06. The minimum Gasteiger partial charge on any atom is -0.349 e. The van der Waals surface area contributed by atoms with Crippen molar-refractivity contribution < 1.29 is 9.53 Å². The van der Waals surface area contributed by atoms with Crippen LogP contribution in [0.15, 0.2) is 54.6 Å². The summed E-state index contributed by atoms with van der Waals surface area (Å²) in [6.07, 6.45) is 0. The summed E-state index contributed by atoms with van der Waals surface area (Å²) in [4.78, 5) is 20.3. The minimum atomic E-state index is -0.712. The number of carbonyl (C=O) groups is 1. The van der Waals surface area contributed by atoms with Crippen LogP contribution in [-0.4, -0.2) is 73.5 Å². The summed E-state index contributed by atoms with van der Waals surface area (Å²) in [7, 11) is 2.18. The molecule has 3 aliphatic heterocycles. The molecule has 3 aliphatic rings. The van der Waals surface area contributed by atoms with Crippen molar-refractivity contribution >= 4 is 5.91 Å². The number of fused-ring (bicyclic) bond motifs is 2. The highest BCUT2D eigenvalue weighted by Gasteiger charge is 2.56. The first-order valence-corrected chi connectivity index (χ1v) is 10.2. The summed E-state index contributed by atoms with van der Waals surface area (Å²) in [5.74, 6) is 0.182. The number of piperazine rings is 1. The van der Waals surface area contributed by atoms with Gasteiger partial charge < -0.3 is 14.5 Å². The van der Waals surface area contributed by atoms with E-state index in [1.54, 1.807) is 0 Å². The van der Waals surface area contributed by atoms with Crippen LogP contribution in [0.25, 0.3) is 0 Å². The molecule has 5 rings (SSSR count). The van der Waals surface area contributed by atoms with Crippen molar-refractivity contribution in [2.24, 2.45) is 0 Å². The van der Waals surface area contributed by atoms with E-state index in [0.717, 1.165) is 49.4 Å². The van der Waals surface area contributed by atoms with Gasteiger partial charge in [-0.2, -0.15) is 0 Å². The lowest BCUT2D eigenvalue weighted by Gasteiger charge is -2.49. The van der Waals surface area contributed by atoms with Crippen molar-refractivity contribution in [3.63, 3.8) is 0 Å². The van der Waals surface area contributed by atoms with Gasteiger partial charge in [0.1, 0.15) is 0 Å². The maximum atomic E-state index is 13.4. The predicted molar refractivity (Wildman–Crippen MR) is 108 cm³/mol. The van der Waals surface area contributed by atoms with Crippen LogP contribution in [0.4, 0.5) is 0 Å². The Morgan fingerprint density at radius 2 is 1.68 bits per heavy atom. The molecule has 0 N–H and O–H groups in total. The van der Waals surface area contributed by atoms with Crippen LogP contribution in [-0.2, 0) is 10.5 Å². The van der Waals surface area contributed by atoms with Crippen molar-refractivity contribution in [1.29, 1.82) is 0 Å². The fourth-order valence-corrected chi connectivity index (χ4v) is 5.06. The van der Waals surface area contributed by atoms with E-state index in [1.807, 2.05) is 41.3 Å². The number of hydrogen-bond donors (Lipinski definition) is 0. The summed E-state index contributed by atoms with van der Waals surface area (Å²) in [6, 6.07) is 18.4. The lowest BCUT2D eigenvalue weighted by molar-refractivity contribution is -0.107. The molecular weight excluding hydrogens is 350 g/mol. The molecule has 5 heteroatoms. The quantitative estimate of drug-likeness (QED) is 0.823. The third-order valence-electron chi connectivity index (χ3n) is 6.55. The molecule has 0 spiro atoms. The maximum Gasteiger partial charge on any atom is 0.256 e. The summed E-state index contributed by atoms with van der Waals surface area (Å²) >= 11 is 0. The van der Waals surface area contributed by atoms with E-state index in [9.17, 15) is 4.79 Å². The Balaban J connectivity index is 1.62. The van der Waals surface area contributed by atoms with Gasteiger partial charge in [-0.25, -0.2) is 0 Å². The number of benzene rings is 2. The summed E-state index contributed by atoms with van der Waals surface area (Å²) in [6.45, 7) is 6.37. The van der Waals surface area contributed by atoms with E-state index in [2.05, 4.69) is 35.0 Å². The molecule has 0 aromatic heterocycles. The van der Waals surface area contributed by atoms with Gasteiger partial charge in [0.25, 0.3) is 5.91 Å². The average molecular weight is 377 g/mol. The molecule has 0 unspecified atom stereocenters. The molecule has 146 valence electrons. The van der Waals surface area contributed by atoms with Crippen molar-refractivity contribution in [3.05, 3.63) is 71.3 Å². The van der Waals surface area contributed by atoms with Gasteiger partial charge >= 0.3 is 0 Å². The van der Waals surface area contributed by atoms with Crippen LogP contribution in [0.1, 0.15) is 27.4 Å². The van der Waals surface area contributed by atoms with Gasteiger partial charge in [-0.1, -0.05) is 48.5 Å². The summed E-state index contributed by atoms with van der Waals surface area (Å²) in [5, 5.41) is 0. The highest BCUT2D eigenvalue weighted by atomic mass is 16.5. The van der Waals surface area contributed by atoms with Crippen LogP contribution in [0, 0.1) is 0 Å². The highest BCUT2D eigenvalue weighted by molar-refractivity contribution is 5.98. The van der Waals surface area contributed by atoms with Crippen LogP contribution in [0.2, 0.25) is 0 Å². The van der Waals surface area contributed by atoms with Crippen LogP contribution in [0.5, 0.6) is 0 Å². The second kappa shape index (κ2) is 6.99. The molecule has 5 nitrogen and oxygen atoms in total. The molecule has 2 atom stereocenters. The molecular formula is C23H27N3O2. The molecule has 2 aromatic carbocycles. The second-order valence-electron chi connectivity index (χ2n) is 8.11. The number of hydrogen-bond acceptors (Lipinski definition) is 4. The van der Waals surface area contributed by atoms with Gasteiger partial charge in [0.05, 0.1) is 12.5 Å². The maximum absolute atomic E-state index is 13.4. The third-order valence-corrected chi connectivity index (χ3v) is 6.55. The van der Waals surface area contributed by atoms with Crippen molar-refractivity contribution in [2.45, 2.75) is 11.6 Å². The van der Waals surface area contributed by atoms with E-state index in [0.29, 0.717) is 13.2 Å². The lowest BCUT2D eigenvalue weighted by Crippen LogP contribution is -2.57. The average Bonchev–Trinajstić information content (AvgIpc) is 3.20. The molecule has 0 saturated carbocycles. The first kappa shape index (κ1) is 17.9. The lowest BCUT2D eigenvalue weighted by atomic mass is 9.76. The van der Waals surface area contributed by atoms with E-state index in [-0.39, 0.29) is 11.8 Å². The Kier molecular flexibility index (Phi) is 4.46. The number of carbonyl (C=O) groups excluding carboxylic acids is 1. The smallest absolute Gasteiger partial charge is 0.256 e. The Bertz CT molecular complexity index is 863. The van der Waals surface area contributed by atoms with Gasteiger partial charge in [-0.3, -0.25) is 9.69 Å². The third kappa shape index (κ3) is 2.69. The van der Waals surface area contributed by atoms with Crippen LogP contribution in [0.3, 0.4) is 0 Å². The number of amides is 1. The molecule has 0 bridgehead atoms. The van der Waals surface area contributed by atoms with Crippen molar-refractivity contribution in [1.82, 2.24) is 14.7 Å². The van der Waals surface area contributed by atoms with Crippen molar-refractivity contribution in [2.75, 3.05) is 52.9 Å². The number of likely N-dealkylation sites (N-methyl/N-ethyl adjacent to an activating group) is 1. The largest absolute Gasteiger partial charge is 0.349 e. The van der Waals surface area contributed by atoms with Gasteiger partial charge in [0.2, 0.25) is 0 Å². The van der Waals surface area contributed by atoms with Gasteiger partial charge in [-0.15, -0.1) is 0 Å². The molecule has 2 aromatic rings. The number of rotatable bonds is 3. The van der Waals surface area contributed by atoms with E-state index in [1.165, 1.54) is 0 Å². The Morgan fingerprint density at radius 1 is 0.964 bits per heavy atom. The van der Waals surface area contributed by atoms with Crippen molar-refractivity contribution in [3.8, 4) is 0 Å².